The molecule has 0 amide bonds. The first-order chi connectivity index (χ1) is 35.7. The molecule has 0 aliphatic carbocycles. The third-order valence-corrected chi connectivity index (χ3v) is 16.4. The second-order valence-electron chi connectivity index (χ2n) is 21.0. The van der Waals surface area contributed by atoms with Crippen LogP contribution in [0.5, 0.6) is 23.0 Å². The Balaban J connectivity index is 1.18. The van der Waals surface area contributed by atoms with E-state index in [1.54, 1.807) is 14.2 Å². The molecule has 0 saturated carbocycles. The van der Waals surface area contributed by atoms with Gasteiger partial charge in [-0.15, -0.1) is 0 Å². The molecular formula is C64H56O8P2. The first kappa shape index (κ1) is 47.3. The molecule has 0 spiro atoms. The smallest absolute Gasteiger partial charge is 0.453 e. The van der Waals surface area contributed by atoms with Gasteiger partial charge >= 0.3 is 16.5 Å². The fourth-order valence-corrected chi connectivity index (χ4v) is 12.9. The molecule has 0 atom stereocenters. The highest BCUT2D eigenvalue weighted by atomic mass is 31.1. The van der Waals surface area contributed by atoms with Crippen molar-refractivity contribution in [1.29, 1.82) is 0 Å². The quantitative estimate of drug-likeness (QED) is 0.156. The summed E-state index contributed by atoms with van der Waals surface area (Å²) >= 11 is 0. The number of fused-ring (bicyclic) bond motifs is 14. The van der Waals surface area contributed by atoms with Gasteiger partial charge in [-0.05, 0) is 104 Å². The van der Waals surface area contributed by atoms with Crippen molar-refractivity contribution in [3.05, 3.63) is 180 Å². The number of benzene rings is 10. The first-order valence-electron chi connectivity index (χ1n) is 24.9. The third-order valence-electron chi connectivity index (χ3n) is 14.4. The minimum absolute atomic E-state index is 0.480. The lowest BCUT2D eigenvalue weighted by molar-refractivity contribution is 0.405. The number of hydrogen-bond acceptors (Lipinski definition) is 8. The Kier molecular flexibility index (Phi) is 11.5. The lowest BCUT2D eigenvalue weighted by Gasteiger charge is -2.30. The normalized spacial score (nSPS) is 12.2. The monoisotopic (exact) mass is 1010 g/mol. The molecular weight excluding hydrogens is 959 g/mol. The van der Waals surface area contributed by atoms with E-state index in [0.717, 1.165) is 98.0 Å². The van der Waals surface area contributed by atoms with Crippen molar-refractivity contribution in [1.82, 2.24) is 0 Å². The summed E-state index contributed by atoms with van der Waals surface area (Å²) in [5.74, 6) is 2.50. The van der Waals surface area contributed by atoms with Crippen LogP contribution in [0.25, 0.3) is 98.1 Å². The van der Waals surface area contributed by atoms with E-state index in [1.807, 2.05) is 24.3 Å². The van der Waals surface area contributed by atoms with Crippen LogP contribution in [0.3, 0.4) is 0 Å². The molecule has 10 aromatic carbocycles. The molecule has 12 rings (SSSR count). The summed E-state index contributed by atoms with van der Waals surface area (Å²) < 4.78 is 56.0. The van der Waals surface area contributed by atoms with E-state index >= 15 is 0 Å². The molecule has 0 radical (unpaired) electrons. The van der Waals surface area contributed by atoms with Crippen molar-refractivity contribution in [3.8, 4) is 34.1 Å². The summed E-state index contributed by atoms with van der Waals surface area (Å²) in [4.78, 5) is 0. The van der Waals surface area contributed by atoms with Gasteiger partial charge in [0.1, 0.15) is 45.3 Å². The highest BCUT2D eigenvalue weighted by Crippen LogP contribution is 2.57. The number of ether oxygens (including phenoxy) is 2. The van der Waals surface area contributed by atoms with E-state index in [-0.39, 0.29) is 0 Å². The fraction of sp³-hybridized carbons (Fsp3) is 0.188. The van der Waals surface area contributed by atoms with E-state index in [0.29, 0.717) is 45.3 Å². The maximum absolute atomic E-state index is 7.50. The van der Waals surface area contributed by atoms with Crippen molar-refractivity contribution in [2.45, 2.75) is 66.2 Å². The first-order valence-corrected chi connectivity index (χ1v) is 27.1. The summed E-state index contributed by atoms with van der Waals surface area (Å²) in [6.07, 6.45) is 0. The van der Waals surface area contributed by atoms with Gasteiger partial charge in [0.05, 0.1) is 14.2 Å². The molecule has 370 valence electrons. The summed E-state index contributed by atoms with van der Waals surface area (Å²) in [7, 11) is -0.949. The van der Waals surface area contributed by atoms with Gasteiger partial charge in [0.15, 0.2) is 0 Å². The van der Waals surface area contributed by atoms with E-state index < -0.39 is 27.3 Å². The molecule has 74 heavy (non-hydrogen) atoms. The van der Waals surface area contributed by atoms with Crippen LogP contribution < -0.4 is 18.5 Å². The molecule has 0 aliphatic heterocycles. The highest BCUT2D eigenvalue weighted by Gasteiger charge is 2.35. The maximum Gasteiger partial charge on any atom is 0.453 e. The Labute approximate surface area is 431 Å². The molecule has 8 nitrogen and oxygen atoms in total. The van der Waals surface area contributed by atoms with Gasteiger partial charge < -0.3 is 35.3 Å². The zero-order valence-electron chi connectivity index (χ0n) is 43.2. The summed E-state index contributed by atoms with van der Waals surface area (Å²) in [6.45, 7) is 17.2. The third kappa shape index (κ3) is 7.91. The Morgan fingerprint density at radius 1 is 0.365 bits per heavy atom. The predicted octanol–water partition coefficient (Wildman–Crippen LogP) is 20.1. The van der Waals surface area contributed by atoms with Crippen molar-refractivity contribution >= 4 is 103 Å². The lowest BCUT2D eigenvalue weighted by Crippen LogP contribution is -2.16. The van der Waals surface area contributed by atoms with E-state index in [9.17, 15) is 0 Å². The molecule has 0 saturated heterocycles. The molecule has 12 aromatic rings. The molecule has 0 aliphatic rings. The summed E-state index contributed by atoms with van der Waals surface area (Å²) in [6, 6.07) is 54.3. The van der Waals surface area contributed by atoms with Gasteiger partial charge in [-0.3, -0.25) is 0 Å². The van der Waals surface area contributed by atoms with Gasteiger partial charge in [-0.25, -0.2) is 0 Å². The van der Waals surface area contributed by atoms with Crippen LogP contribution in [-0.2, 0) is 10.8 Å². The maximum atomic E-state index is 7.50. The zero-order chi connectivity index (χ0) is 51.2. The highest BCUT2D eigenvalue weighted by molar-refractivity contribution is 7.32. The molecule has 2 heterocycles. The predicted molar refractivity (Wildman–Crippen MR) is 307 cm³/mol. The Morgan fingerprint density at radius 3 is 0.892 bits per heavy atom. The summed E-state index contributed by atoms with van der Waals surface area (Å²) in [5.41, 5.74) is 6.58. The molecule has 0 fully saturated rings. The summed E-state index contributed by atoms with van der Waals surface area (Å²) in [5, 5.41) is 12.4. The fourth-order valence-electron chi connectivity index (χ4n) is 10.7. The van der Waals surface area contributed by atoms with Crippen molar-refractivity contribution in [3.63, 3.8) is 0 Å². The molecule has 0 N–H and O–H groups in total. The van der Waals surface area contributed by atoms with Crippen molar-refractivity contribution < 1.29 is 35.3 Å². The Hall–Kier alpha value is -7.76. The van der Waals surface area contributed by atoms with Gasteiger partial charge in [0.2, 0.25) is 0 Å². The number of rotatable bonds is 7. The van der Waals surface area contributed by atoms with Crippen LogP contribution in [-0.4, -0.2) is 14.2 Å². The minimum Gasteiger partial charge on any atom is -0.496 e. The van der Waals surface area contributed by atoms with Crippen LogP contribution in [0.1, 0.15) is 63.8 Å². The average Bonchev–Trinajstić information content (AvgIpc) is 3.67. The van der Waals surface area contributed by atoms with Crippen LogP contribution in [0, 0.1) is 13.8 Å². The van der Waals surface area contributed by atoms with Gasteiger partial charge in [-0.1, -0.05) is 163 Å². The zero-order valence-corrected chi connectivity index (χ0v) is 45.0. The molecule has 10 heteroatoms. The van der Waals surface area contributed by atoms with Crippen LogP contribution >= 0.6 is 16.5 Å². The number of hydrogen-bond donors (Lipinski definition) is 0. The Bertz CT molecular complexity index is 3870. The van der Waals surface area contributed by atoms with E-state index in [2.05, 4.69) is 189 Å². The second kappa shape index (κ2) is 18.0. The number of methoxy groups -OCH3 is 2. The van der Waals surface area contributed by atoms with Gasteiger partial charge in [0.25, 0.3) is 0 Å². The van der Waals surface area contributed by atoms with Crippen LogP contribution in [0.4, 0.5) is 0 Å². The van der Waals surface area contributed by atoms with Crippen LogP contribution in [0.2, 0.25) is 0 Å². The molecule has 0 unspecified atom stereocenters. The van der Waals surface area contributed by atoms with Crippen LogP contribution in [0.15, 0.2) is 175 Å². The largest absolute Gasteiger partial charge is 0.496 e. The molecule has 2 aromatic heterocycles. The van der Waals surface area contributed by atoms with E-state index in [1.165, 1.54) is 0 Å². The van der Waals surface area contributed by atoms with Gasteiger partial charge in [0, 0.05) is 54.9 Å². The lowest BCUT2D eigenvalue weighted by atomic mass is 9.79. The topological polar surface area (TPSA) is 89.5 Å². The molecule has 0 bridgehead atoms. The average molecular weight is 1020 g/mol. The second-order valence-corrected chi connectivity index (χ2v) is 23.0. The minimum atomic E-state index is -2.18. The van der Waals surface area contributed by atoms with Crippen molar-refractivity contribution in [2.24, 2.45) is 0 Å². The standard InChI is InChI=1S/C64H56O8P2/c1-37-53(65-9)35-47(63(3,4)5)61(71-73-67-49-31-27-39-19-11-15-23-43(39)57(49)58-44-24-16-12-20-40(44)28-32-50(58)68-73)55(37)56-38(2)54(66-10)36-48(64(6,7)8)62(56)72-74-69-51-33-29-41-21-13-17-25-45(41)59(51)60-46-26-18-14-22-42(46)30-34-52(60)70-74/h11-36H,1-10H3. The van der Waals surface area contributed by atoms with Crippen molar-refractivity contribution in [2.75, 3.05) is 14.2 Å². The Morgan fingerprint density at radius 2 is 0.635 bits per heavy atom. The van der Waals surface area contributed by atoms with E-state index in [4.69, 9.17) is 35.3 Å². The SMILES string of the molecule is COc1cc(C(C)(C)C)c(Op2oc3ccc4ccccc4c3c3c(ccc4ccccc43)o2)c(-c2c(C)c(OC)cc(C(C)(C)C)c2Op2oc3ccc4ccccc4c3c3c(ccc4ccccc43)o2)c1C. The van der Waals surface area contributed by atoms with Gasteiger partial charge in [-0.2, -0.15) is 0 Å².